The third-order valence-corrected chi connectivity index (χ3v) is 5.57. The van der Waals surface area contributed by atoms with Crippen LogP contribution in [0.2, 0.25) is 0 Å². The van der Waals surface area contributed by atoms with Gasteiger partial charge < -0.3 is 4.57 Å². The highest BCUT2D eigenvalue weighted by Gasteiger charge is 2.14. The first kappa shape index (κ1) is 15.4. The molecule has 1 nitrogen and oxygen atoms in total. The minimum atomic E-state index is 1.09. The molecule has 0 aliphatic heterocycles. The first-order valence-electron chi connectivity index (χ1n) is 7.20. The number of hydrogen-bond acceptors (Lipinski definition) is 0. The van der Waals surface area contributed by atoms with Gasteiger partial charge in [0.05, 0.1) is 11.0 Å². The molecule has 0 spiro atoms. The van der Waals surface area contributed by atoms with Gasteiger partial charge in [-0.3, -0.25) is 0 Å². The summed E-state index contributed by atoms with van der Waals surface area (Å²) >= 11 is 10.8. The minimum Gasteiger partial charge on any atom is -0.309 e. The van der Waals surface area contributed by atoms with Crippen LogP contribution in [0.4, 0.5) is 0 Å². The fraction of sp³-hybridized carbons (Fsp3) is 0.0526. The largest absolute Gasteiger partial charge is 0.309 e. The van der Waals surface area contributed by atoms with Crippen molar-refractivity contribution in [3.63, 3.8) is 0 Å². The van der Waals surface area contributed by atoms with E-state index in [2.05, 4.69) is 114 Å². The topological polar surface area (TPSA) is 4.93 Å². The van der Waals surface area contributed by atoms with Crippen LogP contribution in [0.5, 0.6) is 0 Å². The first-order chi connectivity index (χ1) is 11.0. The van der Waals surface area contributed by atoms with E-state index in [0.29, 0.717) is 0 Å². The lowest BCUT2D eigenvalue weighted by Crippen LogP contribution is -1.96. The molecule has 0 unspecified atom stereocenters. The Morgan fingerprint density at radius 3 is 1.65 bits per heavy atom. The van der Waals surface area contributed by atoms with Crippen LogP contribution in [0.1, 0.15) is 5.56 Å². The molecule has 114 valence electrons. The normalized spacial score (nSPS) is 11.5. The van der Waals surface area contributed by atoms with Crippen LogP contribution < -0.4 is 0 Å². The maximum Gasteiger partial charge on any atom is 0.0541 e. The zero-order chi connectivity index (χ0) is 16.1. The SMILES string of the molecule is Cc1cc(Br)ccc1-n1c2ccc(Br)cc2c2cc(Br)ccc21. The molecule has 0 aliphatic rings. The number of aryl methyl sites for hydroxylation is 1. The van der Waals surface area contributed by atoms with Gasteiger partial charge in [-0.25, -0.2) is 0 Å². The molecule has 0 fully saturated rings. The molecule has 4 rings (SSSR count). The van der Waals surface area contributed by atoms with Gasteiger partial charge in [-0.1, -0.05) is 47.8 Å². The molecule has 0 atom stereocenters. The van der Waals surface area contributed by atoms with E-state index in [9.17, 15) is 0 Å². The smallest absolute Gasteiger partial charge is 0.0541 e. The lowest BCUT2D eigenvalue weighted by Gasteiger charge is -2.11. The van der Waals surface area contributed by atoms with Gasteiger partial charge in [0.1, 0.15) is 0 Å². The van der Waals surface area contributed by atoms with Crippen molar-refractivity contribution >= 4 is 69.6 Å². The average Bonchev–Trinajstić information content (AvgIpc) is 2.81. The second-order valence-corrected chi connectivity index (χ2v) is 8.34. The monoisotopic (exact) mass is 491 g/mol. The molecule has 0 radical (unpaired) electrons. The molecule has 0 aliphatic carbocycles. The summed E-state index contributed by atoms with van der Waals surface area (Å²) in [6.45, 7) is 2.15. The van der Waals surface area contributed by atoms with E-state index in [1.807, 2.05) is 0 Å². The molecule has 3 aromatic carbocycles. The molecule has 1 heterocycles. The van der Waals surface area contributed by atoms with Crippen molar-refractivity contribution in [2.45, 2.75) is 6.92 Å². The summed E-state index contributed by atoms with van der Waals surface area (Å²) < 4.78 is 5.63. The van der Waals surface area contributed by atoms with Crippen LogP contribution >= 0.6 is 47.8 Å². The van der Waals surface area contributed by atoms with Crippen molar-refractivity contribution in [2.24, 2.45) is 0 Å². The summed E-state index contributed by atoms with van der Waals surface area (Å²) in [4.78, 5) is 0. The van der Waals surface area contributed by atoms with Gasteiger partial charge in [-0.05, 0) is 67.1 Å². The Kier molecular flexibility index (Phi) is 3.87. The second kappa shape index (κ2) is 5.76. The van der Waals surface area contributed by atoms with Gasteiger partial charge in [0.15, 0.2) is 0 Å². The maximum atomic E-state index is 3.60. The molecule has 0 saturated heterocycles. The highest BCUT2D eigenvalue weighted by Crippen LogP contribution is 2.36. The van der Waals surface area contributed by atoms with Crippen molar-refractivity contribution in [1.82, 2.24) is 4.57 Å². The average molecular weight is 494 g/mol. The van der Waals surface area contributed by atoms with Crippen molar-refractivity contribution in [2.75, 3.05) is 0 Å². The molecule has 0 saturated carbocycles. The number of benzene rings is 3. The number of rotatable bonds is 1. The number of nitrogens with zero attached hydrogens (tertiary/aromatic N) is 1. The number of aromatic nitrogens is 1. The van der Waals surface area contributed by atoms with E-state index in [4.69, 9.17) is 0 Å². The van der Waals surface area contributed by atoms with Crippen molar-refractivity contribution < 1.29 is 0 Å². The Morgan fingerprint density at radius 1 is 0.652 bits per heavy atom. The van der Waals surface area contributed by atoms with Crippen LogP contribution in [0.15, 0.2) is 68.0 Å². The summed E-state index contributed by atoms with van der Waals surface area (Å²) in [7, 11) is 0. The standard InChI is InChI=1S/C19H12Br3N/c1-11-8-12(20)2-5-17(11)23-18-6-3-13(21)9-15(18)16-10-14(22)4-7-19(16)23/h2-10H,1H3. The van der Waals surface area contributed by atoms with E-state index in [0.717, 1.165) is 13.4 Å². The van der Waals surface area contributed by atoms with Crippen LogP contribution in [0.25, 0.3) is 27.5 Å². The number of halogens is 3. The van der Waals surface area contributed by atoms with Gasteiger partial charge in [0.2, 0.25) is 0 Å². The molecule has 4 heteroatoms. The fourth-order valence-corrected chi connectivity index (χ4v) is 4.29. The highest BCUT2D eigenvalue weighted by atomic mass is 79.9. The Morgan fingerprint density at radius 2 is 1.13 bits per heavy atom. The Hall–Kier alpha value is -1.10. The van der Waals surface area contributed by atoms with Crippen LogP contribution in [0.3, 0.4) is 0 Å². The van der Waals surface area contributed by atoms with E-state index in [1.54, 1.807) is 0 Å². The predicted molar refractivity (Wildman–Crippen MR) is 109 cm³/mol. The van der Waals surface area contributed by atoms with E-state index < -0.39 is 0 Å². The quantitative estimate of drug-likeness (QED) is 0.261. The maximum absolute atomic E-state index is 3.60. The summed E-state index contributed by atoms with van der Waals surface area (Å²) in [6, 6.07) is 19.3. The van der Waals surface area contributed by atoms with Gasteiger partial charge in [-0.2, -0.15) is 0 Å². The highest BCUT2D eigenvalue weighted by molar-refractivity contribution is 9.11. The first-order valence-corrected chi connectivity index (χ1v) is 9.58. The van der Waals surface area contributed by atoms with Gasteiger partial charge in [0, 0.05) is 29.9 Å². The van der Waals surface area contributed by atoms with Crippen molar-refractivity contribution in [3.05, 3.63) is 73.6 Å². The lowest BCUT2D eigenvalue weighted by molar-refractivity contribution is 1.15. The molecular weight excluding hydrogens is 482 g/mol. The van der Waals surface area contributed by atoms with E-state index in [-0.39, 0.29) is 0 Å². The van der Waals surface area contributed by atoms with Crippen molar-refractivity contribution in [3.8, 4) is 5.69 Å². The van der Waals surface area contributed by atoms with E-state index >= 15 is 0 Å². The molecular formula is C19H12Br3N. The molecule has 4 aromatic rings. The van der Waals surface area contributed by atoms with Gasteiger partial charge in [-0.15, -0.1) is 0 Å². The lowest BCUT2D eigenvalue weighted by atomic mass is 10.2. The van der Waals surface area contributed by atoms with Gasteiger partial charge in [0.25, 0.3) is 0 Å². The molecule has 1 aromatic heterocycles. The molecule has 23 heavy (non-hydrogen) atoms. The summed E-state index contributed by atoms with van der Waals surface area (Å²) in [6.07, 6.45) is 0. The summed E-state index contributed by atoms with van der Waals surface area (Å²) in [5, 5.41) is 2.50. The molecule has 0 bridgehead atoms. The summed E-state index contributed by atoms with van der Waals surface area (Å²) in [5.41, 5.74) is 4.88. The van der Waals surface area contributed by atoms with Crippen LogP contribution in [-0.4, -0.2) is 4.57 Å². The number of fused-ring (bicyclic) bond motifs is 3. The number of hydrogen-bond donors (Lipinski definition) is 0. The third kappa shape index (κ3) is 2.57. The predicted octanol–water partition coefficient (Wildman–Crippen LogP) is 7.38. The molecule has 0 amide bonds. The van der Waals surface area contributed by atoms with Crippen molar-refractivity contribution in [1.29, 1.82) is 0 Å². The Labute approximate surface area is 159 Å². The van der Waals surface area contributed by atoms with Crippen LogP contribution in [-0.2, 0) is 0 Å². The zero-order valence-corrected chi connectivity index (χ0v) is 17.0. The Balaban J connectivity index is 2.20. The molecule has 0 N–H and O–H groups in total. The zero-order valence-electron chi connectivity index (χ0n) is 12.3. The summed E-state index contributed by atoms with van der Waals surface area (Å²) in [5.74, 6) is 0. The Bertz CT molecular complexity index is 1000. The third-order valence-electron chi connectivity index (χ3n) is 4.09. The van der Waals surface area contributed by atoms with Gasteiger partial charge >= 0.3 is 0 Å². The second-order valence-electron chi connectivity index (χ2n) is 5.59. The fourth-order valence-electron chi connectivity index (χ4n) is 3.10. The van der Waals surface area contributed by atoms with E-state index in [1.165, 1.54) is 33.1 Å². The minimum absolute atomic E-state index is 1.09. The van der Waals surface area contributed by atoms with Crippen LogP contribution in [0, 0.1) is 6.92 Å².